The molecule has 0 fully saturated rings. The lowest BCUT2D eigenvalue weighted by atomic mass is 10.2. The minimum Gasteiger partial charge on any atom is -0.506 e. The summed E-state index contributed by atoms with van der Waals surface area (Å²) >= 11 is 0. The van der Waals surface area contributed by atoms with Gasteiger partial charge in [0.1, 0.15) is 5.75 Å². The Hall–Kier alpha value is -1.58. The maximum Gasteiger partial charge on any atom is 0.356 e. The molecule has 4 nitrogen and oxygen atoms in total. The van der Waals surface area contributed by atoms with E-state index >= 15 is 0 Å². The fourth-order valence-corrected chi connectivity index (χ4v) is 0.870. The summed E-state index contributed by atoms with van der Waals surface area (Å²) in [5, 5.41) is 8.98. The molecular formula is C10H15NO3. The van der Waals surface area contributed by atoms with Gasteiger partial charge in [0.05, 0.1) is 13.3 Å². The standard InChI is InChI=1S/C8H9NO3.C2H6/c1-5-3-6(10)4-9-7(5)8(11)12-2;1-2/h3-4,10H,1-2H3;1-2H3. The maximum absolute atomic E-state index is 11.0. The lowest BCUT2D eigenvalue weighted by Gasteiger charge is -2.01. The minimum absolute atomic E-state index is 0.0418. The van der Waals surface area contributed by atoms with E-state index in [2.05, 4.69) is 9.72 Å². The van der Waals surface area contributed by atoms with Gasteiger partial charge in [0, 0.05) is 0 Å². The molecule has 0 atom stereocenters. The van der Waals surface area contributed by atoms with Crippen molar-refractivity contribution >= 4 is 5.97 Å². The number of hydrogen-bond acceptors (Lipinski definition) is 4. The number of ether oxygens (including phenoxy) is 1. The van der Waals surface area contributed by atoms with Crippen LogP contribution in [-0.2, 0) is 4.74 Å². The molecule has 1 N–H and O–H groups in total. The Kier molecular flexibility index (Phi) is 5.29. The molecule has 1 aromatic heterocycles. The predicted molar refractivity (Wildman–Crippen MR) is 53.3 cm³/mol. The maximum atomic E-state index is 11.0. The van der Waals surface area contributed by atoms with Crippen LogP contribution < -0.4 is 0 Å². The summed E-state index contributed by atoms with van der Waals surface area (Å²) in [6.45, 7) is 5.68. The zero-order chi connectivity index (χ0) is 11.1. The van der Waals surface area contributed by atoms with E-state index in [1.54, 1.807) is 6.92 Å². The van der Waals surface area contributed by atoms with Crippen molar-refractivity contribution in [2.75, 3.05) is 7.11 Å². The van der Waals surface area contributed by atoms with Gasteiger partial charge in [-0.05, 0) is 18.6 Å². The summed E-state index contributed by atoms with van der Waals surface area (Å²) in [5.41, 5.74) is 0.831. The number of carbonyl (C=O) groups is 1. The zero-order valence-electron chi connectivity index (χ0n) is 8.87. The Labute approximate surface area is 83.6 Å². The molecular weight excluding hydrogens is 182 g/mol. The molecule has 1 aromatic rings. The molecule has 78 valence electrons. The third-order valence-electron chi connectivity index (χ3n) is 1.44. The van der Waals surface area contributed by atoms with Crippen LogP contribution in [0.1, 0.15) is 29.9 Å². The van der Waals surface area contributed by atoms with Gasteiger partial charge >= 0.3 is 5.97 Å². The molecule has 14 heavy (non-hydrogen) atoms. The highest BCUT2D eigenvalue weighted by Gasteiger charge is 2.10. The second-order valence-electron chi connectivity index (χ2n) is 2.35. The Bertz CT molecular complexity index is 310. The lowest BCUT2D eigenvalue weighted by Crippen LogP contribution is -2.05. The zero-order valence-corrected chi connectivity index (χ0v) is 8.87. The van der Waals surface area contributed by atoms with Gasteiger partial charge in [0.15, 0.2) is 5.69 Å². The highest BCUT2D eigenvalue weighted by atomic mass is 16.5. The summed E-state index contributed by atoms with van der Waals surface area (Å²) in [6.07, 6.45) is 1.21. The van der Waals surface area contributed by atoms with Crippen molar-refractivity contribution in [2.24, 2.45) is 0 Å². The van der Waals surface area contributed by atoms with Crippen molar-refractivity contribution in [2.45, 2.75) is 20.8 Å². The van der Waals surface area contributed by atoms with Crippen LogP contribution in [0.25, 0.3) is 0 Å². The normalized spacial score (nSPS) is 8.57. The first kappa shape index (κ1) is 12.4. The largest absolute Gasteiger partial charge is 0.506 e. The average molecular weight is 197 g/mol. The SMILES string of the molecule is CC.COC(=O)c1ncc(O)cc1C. The molecule has 0 aromatic carbocycles. The van der Waals surface area contributed by atoms with Crippen LogP contribution in [-0.4, -0.2) is 23.2 Å². The van der Waals surface area contributed by atoms with E-state index in [1.807, 2.05) is 13.8 Å². The molecule has 4 heteroatoms. The molecule has 0 saturated carbocycles. The van der Waals surface area contributed by atoms with Gasteiger partial charge in [-0.1, -0.05) is 13.8 Å². The van der Waals surface area contributed by atoms with Crippen molar-refractivity contribution < 1.29 is 14.6 Å². The molecule has 0 unspecified atom stereocenters. The van der Waals surface area contributed by atoms with E-state index in [1.165, 1.54) is 19.4 Å². The second-order valence-corrected chi connectivity index (χ2v) is 2.35. The first-order chi connectivity index (χ1) is 6.65. The fourth-order valence-electron chi connectivity index (χ4n) is 0.870. The molecule has 0 spiro atoms. The van der Waals surface area contributed by atoms with Crippen LogP contribution in [0.4, 0.5) is 0 Å². The van der Waals surface area contributed by atoms with Crippen molar-refractivity contribution in [3.8, 4) is 5.75 Å². The monoisotopic (exact) mass is 197 g/mol. The van der Waals surface area contributed by atoms with Gasteiger partial charge in [-0.2, -0.15) is 0 Å². The number of rotatable bonds is 1. The molecule has 0 aliphatic carbocycles. The number of nitrogens with zero attached hydrogens (tertiary/aromatic N) is 1. The van der Waals surface area contributed by atoms with Gasteiger partial charge in [-0.25, -0.2) is 9.78 Å². The highest BCUT2D eigenvalue weighted by Crippen LogP contribution is 2.12. The van der Waals surface area contributed by atoms with Crippen molar-refractivity contribution in [3.05, 3.63) is 23.5 Å². The number of aryl methyl sites for hydroxylation is 1. The van der Waals surface area contributed by atoms with Crippen molar-refractivity contribution in [1.29, 1.82) is 0 Å². The molecule has 0 saturated heterocycles. The second kappa shape index (κ2) is 5.96. The van der Waals surface area contributed by atoms with Crippen LogP contribution in [0.15, 0.2) is 12.3 Å². The van der Waals surface area contributed by atoms with Crippen molar-refractivity contribution in [3.63, 3.8) is 0 Å². The summed E-state index contributed by atoms with van der Waals surface area (Å²) in [5.74, 6) is -0.451. The van der Waals surface area contributed by atoms with Crippen LogP contribution in [0.3, 0.4) is 0 Å². The van der Waals surface area contributed by atoms with Crippen LogP contribution in [0.2, 0.25) is 0 Å². The number of pyridine rings is 1. The smallest absolute Gasteiger partial charge is 0.356 e. The van der Waals surface area contributed by atoms with E-state index in [4.69, 9.17) is 5.11 Å². The fraction of sp³-hybridized carbons (Fsp3) is 0.400. The van der Waals surface area contributed by atoms with Crippen LogP contribution >= 0.6 is 0 Å². The third-order valence-corrected chi connectivity index (χ3v) is 1.44. The Morgan fingerprint density at radius 2 is 2.07 bits per heavy atom. The predicted octanol–water partition coefficient (Wildman–Crippen LogP) is 1.91. The molecule has 1 rings (SSSR count). The molecule has 0 amide bonds. The van der Waals surface area contributed by atoms with E-state index in [0.29, 0.717) is 5.56 Å². The van der Waals surface area contributed by atoms with Gasteiger partial charge < -0.3 is 9.84 Å². The topological polar surface area (TPSA) is 59.4 Å². The van der Waals surface area contributed by atoms with Crippen LogP contribution in [0.5, 0.6) is 5.75 Å². The molecule has 0 aliphatic rings. The minimum atomic E-state index is -0.493. The molecule has 0 bridgehead atoms. The third kappa shape index (κ3) is 3.05. The summed E-state index contributed by atoms with van der Waals surface area (Å²) in [6, 6.07) is 1.46. The Morgan fingerprint density at radius 1 is 1.50 bits per heavy atom. The molecule has 1 heterocycles. The number of esters is 1. The summed E-state index contributed by atoms with van der Waals surface area (Å²) < 4.78 is 4.47. The number of aromatic hydroxyl groups is 1. The molecule has 0 radical (unpaired) electrons. The summed E-state index contributed by atoms with van der Waals surface area (Å²) in [4.78, 5) is 14.7. The number of methoxy groups -OCH3 is 1. The average Bonchev–Trinajstić information content (AvgIpc) is 2.20. The lowest BCUT2D eigenvalue weighted by molar-refractivity contribution is 0.0593. The Balaban J connectivity index is 0.000000791. The highest BCUT2D eigenvalue weighted by molar-refractivity contribution is 5.88. The van der Waals surface area contributed by atoms with Gasteiger partial charge in [0.2, 0.25) is 0 Å². The van der Waals surface area contributed by atoms with Crippen LogP contribution in [0, 0.1) is 6.92 Å². The Morgan fingerprint density at radius 3 is 2.50 bits per heavy atom. The quantitative estimate of drug-likeness (QED) is 0.698. The van der Waals surface area contributed by atoms with E-state index < -0.39 is 5.97 Å². The van der Waals surface area contributed by atoms with Gasteiger partial charge in [0.25, 0.3) is 0 Å². The van der Waals surface area contributed by atoms with Gasteiger partial charge in [-0.3, -0.25) is 0 Å². The van der Waals surface area contributed by atoms with Gasteiger partial charge in [-0.15, -0.1) is 0 Å². The first-order valence-electron chi connectivity index (χ1n) is 4.39. The van der Waals surface area contributed by atoms with E-state index in [0.717, 1.165) is 0 Å². The van der Waals surface area contributed by atoms with E-state index in [9.17, 15) is 4.79 Å². The first-order valence-corrected chi connectivity index (χ1v) is 4.39. The summed E-state index contributed by atoms with van der Waals surface area (Å²) in [7, 11) is 1.29. The number of aromatic nitrogens is 1. The van der Waals surface area contributed by atoms with E-state index in [-0.39, 0.29) is 11.4 Å². The number of carbonyl (C=O) groups excluding carboxylic acids is 1. The molecule has 0 aliphatic heterocycles. The van der Waals surface area contributed by atoms with Crippen molar-refractivity contribution in [1.82, 2.24) is 4.98 Å². The number of hydrogen-bond donors (Lipinski definition) is 1.